The molecule has 3 rings (SSSR count). The van der Waals surface area contributed by atoms with Crippen LogP contribution in [0.15, 0.2) is 60.7 Å². The summed E-state index contributed by atoms with van der Waals surface area (Å²) >= 11 is 5.83. The van der Waals surface area contributed by atoms with Gasteiger partial charge in [0.1, 0.15) is 5.82 Å². The first-order valence-corrected chi connectivity index (χ1v) is 7.07. The van der Waals surface area contributed by atoms with Crippen LogP contribution in [0.25, 0.3) is 11.3 Å². The fourth-order valence-electron chi connectivity index (χ4n) is 1.92. The van der Waals surface area contributed by atoms with Crippen LogP contribution in [0.2, 0.25) is 5.02 Å². The summed E-state index contributed by atoms with van der Waals surface area (Å²) in [6, 6.07) is 15.4. The third kappa shape index (κ3) is 3.70. The van der Waals surface area contributed by atoms with Gasteiger partial charge < -0.3 is 4.74 Å². The monoisotopic (exact) mass is 328 g/mol. The molecule has 0 saturated heterocycles. The average Bonchev–Trinajstić information content (AvgIpc) is 2.56. The first-order valence-electron chi connectivity index (χ1n) is 6.69. The van der Waals surface area contributed by atoms with Crippen LogP contribution in [0, 0.1) is 5.82 Å². The predicted octanol–water partition coefficient (Wildman–Crippen LogP) is 4.16. The van der Waals surface area contributed by atoms with E-state index in [9.17, 15) is 9.18 Å². The molecule has 0 aliphatic heterocycles. The molecule has 2 aromatic carbocycles. The Morgan fingerprint density at radius 2 is 1.78 bits per heavy atom. The minimum Gasteiger partial charge on any atom is -0.402 e. The number of benzene rings is 2. The van der Waals surface area contributed by atoms with E-state index in [0.29, 0.717) is 21.8 Å². The number of carbonyl (C=O) groups excluding carboxylic acids is 1. The standard InChI is InChI=1S/C17H10ClFN2O2/c18-13-3-1-2-12(10-13)17(22)23-16-9-8-15(20-21-16)11-4-6-14(19)7-5-11/h1-10H. The lowest BCUT2D eigenvalue weighted by molar-refractivity contribution is 0.0726. The molecule has 0 atom stereocenters. The Hall–Kier alpha value is -2.79. The quantitative estimate of drug-likeness (QED) is 0.678. The maximum atomic E-state index is 12.9. The fourth-order valence-corrected chi connectivity index (χ4v) is 2.11. The van der Waals surface area contributed by atoms with E-state index >= 15 is 0 Å². The van der Waals surface area contributed by atoms with Gasteiger partial charge in [0.2, 0.25) is 5.88 Å². The summed E-state index contributed by atoms with van der Waals surface area (Å²) in [5, 5.41) is 8.25. The molecular weight excluding hydrogens is 319 g/mol. The minimum absolute atomic E-state index is 0.0702. The Bertz CT molecular complexity index is 836. The van der Waals surface area contributed by atoms with E-state index in [0.717, 1.165) is 0 Å². The molecule has 0 radical (unpaired) electrons. The molecule has 0 spiro atoms. The van der Waals surface area contributed by atoms with Crippen molar-refractivity contribution in [3.8, 4) is 17.1 Å². The Morgan fingerprint density at radius 1 is 1.00 bits per heavy atom. The van der Waals surface area contributed by atoms with Gasteiger partial charge in [-0.2, -0.15) is 0 Å². The van der Waals surface area contributed by atoms with Gasteiger partial charge in [0.25, 0.3) is 0 Å². The molecule has 0 amide bonds. The molecular formula is C17H10ClFN2O2. The van der Waals surface area contributed by atoms with Gasteiger partial charge in [0.05, 0.1) is 11.3 Å². The molecule has 0 saturated carbocycles. The molecule has 0 aliphatic carbocycles. The van der Waals surface area contributed by atoms with Crippen LogP contribution in [0.1, 0.15) is 10.4 Å². The van der Waals surface area contributed by atoms with E-state index in [4.69, 9.17) is 16.3 Å². The normalized spacial score (nSPS) is 10.3. The molecule has 114 valence electrons. The molecule has 0 bridgehead atoms. The van der Waals surface area contributed by atoms with E-state index in [-0.39, 0.29) is 11.7 Å². The molecule has 4 nitrogen and oxygen atoms in total. The van der Waals surface area contributed by atoms with Crippen molar-refractivity contribution >= 4 is 17.6 Å². The van der Waals surface area contributed by atoms with Gasteiger partial charge in [-0.05, 0) is 48.5 Å². The van der Waals surface area contributed by atoms with Crippen molar-refractivity contribution in [2.24, 2.45) is 0 Å². The lowest BCUT2D eigenvalue weighted by Gasteiger charge is -2.04. The van der Waals surface area contributed by atoms with Crippen molar-refractivity contribution in [1.29, 1.82) is 0 Å². The summed E-state index contributed by atoms with van der Waals surface area (Å²) in [5.74, 6) is -0.828. The zero-order chi connectivity index (χ0) is 16.2. The number of nitrogens with zero attached hydrogens (tertiary/aromatic N) is 2. The van der Waals surface area contributed by atoms with Crippen molar-refractivity contribution in [2.45, 2.75) is 0 Å². The van der Waals surface area contributed by atoms with Gasteiger partial charge in [0.15, 0.2) is 0 Å². The van der Waals surface area contributed by atoms with Crippen LogP contribution in [-0.2, 0) is 0 Å². The summed E-state index contributed by atoms with van der Waals surface area (Å²) in [7, 11) is 0. The number of hydrogen-bond donors (Lipinski definition) is 0. The SMILES string of the molecule is O=C(Oc1ccc(-c2ccc(F)cc2)nn1)c1cccc(Cl)c1. The van der Waals surface area contributed by atoms with Crippen LogP contribution < -0.4 is 4.74 Å². The summed E-state index contributed by atoms with van der Waals surface area (Å²) in [4.78, 5) is 12.0. The molecule has 0 aliphatic rings. The zero-order valence-electron chi connectivity index (χ0n) is 11.7. The Kier molecular flexibility index (Phi) is 4.30. The highest BCUT2D eigenvalue weighted by Gasteiger charge is 2.10. The second kappa shape index (κ2) is 6.54. The number of aromatic nitrogens is 2. The summed E-state index contributed by atoms with van der Waals surface area (Å²) < 4.78 is 18.0. The van der Waals surface area contributed by atoms with Crippen LogP contribution in [0.3, 0.4) is 0 Å². The maximum Gasteiger partial charge on any atom is 0.344 e. The number of rotatable bonds is 3. The average molecular weight is 329 g/mol. The van der Waals surface area contributed by atoms with E-state index in [1.807, 2.05) is 0 Å². The highest BCUT2D eigenvalue weighted by Crippen LogP contribution is 2.19. The van der Waals surface area contributed by atoms with Crippen molar-refractivity contribution in [3.63, 3.8) is 0 Å². The van der Waals surface area contributed by atoms with Crippen molar-refractivity contribution in [2.75, 3.05) is 0 Å². The van der Waals surface area contributed by atoms with E-state index in [2.05, 4.69) is 10.2 Å². The maximum absolute atomic E-state index is 12.9. The number of hydrogen-bond acceptors (Lipinski definition) is 4. The smallest absolute Gasteiger partial charge is 0.344 e. The topological polar surface area (TPSA) is 52.1 Å². The van der Waals surface area contributed by atoms with Gasteiger partial charge in [-0.15, -0.1) is 10.2 Å². The first-order chi connectivity index (χ1) is 11.1. The van der Waals surface area contributed by atoms with Gasteiger partial charge in [-0.3, -0.25) is 0 Å². The van der Waals surface area contributed by atoms with Crippen LogP contribution in [0.4, 0.5) is 4.39 Å². The van der Waals surface area contributed by atoms with Crippen molar-refractivity contribution < 1.29 is 13.9 Å². The second-order valence-corrected chi connectivity index (χ2v) is 5.10. The summed E-state index contributed by atoms with van der Waals surface area (Å²) in [6.45, 7) is 0. The van der Waals surface area contributed by atoms with Gasteiger partial charge in [-0.25, -0.2) is 9.18 Å². The summed E-state index contributed by atoms with van der Waals surface area (Å²) in [6.07, 6.45) is 0. The molecule has 0 unspecified atom stereocenters. The second-order valence-electron chi connectivity index (χ2n) is 4.66. The largest absolute Gasteiger partial charge is 0.402 e. The van der Waals surface area contributed by atoms with Crippen LogP contribution in [0.5, 0.6) is 5.88 Å². The van der Waals surface area contributed by atoms with E-state index in [1.165, 1.54) is 24.3 Å². The van der Waals surface area contributed by atoms with Crippen LogP contribution >= 0.6 is 11.6 Å². The third-order valence-corrected chi connectivity index (χ3v) is 3.27. The van der Waals surface area contributed by atoms with Gasteiger partial charge in [0, 0.05) is 16.7 Å². The summed E-state index contributed by atoms with van der Waals surface area (Å²) in [5.41, 5.74) is 1.58. The predicted molar refractivity (Wildman–Crippen MR) is 83.8 cm³/mol. The number of halogens is 2. The number of carbonyl (C=O) groups is 1. The molecule has 23 heavy (non-hydrogen) atoms. The highest BCUT2D eigenvalue weighted by atomic mass is 35.5. The van der Waals surface area contributed by atoms with Crippen molar-refractivity contribution in [3.05, 3.63) is 77.1 Å². The highest BCUT2D eigenvalue weighted by molar-refractivity contribution is 6.30. The van der Waals surface area contributed by atoms with Crippen molar-refractivity contribution in [1.82, 2.24) is 10.2 Å². The van der Waals surface area contributed by atoms with Crippen LogP contribution in [-0.4, -0.2) is 16.2 Å². The van der Waals surface area contributed by atoms with Gasteiger partial charge >= 0.3 is 5.97 Å². The van der Waals surface area contributed by atoms with E-state index in [1.54, 1.807) is 36.4 Å². The molecule has 0 N–H and O–H groups in total. The first kappa shape index (κ1) is 15.1. The Labute approximate surface area is 136 Å². The Balaban J connectivity index is 1.75. The van der Waals surface area contributed by atoms with Gasteiger partial charge in [-0.1, -0.05) is 17.7 Å². The minimum atomic E-state index is -0.573. The number of ether oxygens (including phenoxy) is 1. The molecule has 0 fully saturated rings. The molecule has 6 heteroatoms. The lowest BCUT2D eigenvalue weighted by atomic mass is 10.1. The molecule has 1 heterocycles. The lowest BCUT2D eigenvalue weighted by Crippen LogP contribution is -2.09. The fraction of sp³-hybridized carbons (Fsp3) is 0. The Morgan fingerprint density at radius 3 is 2.43 bits per heavy atom. The molecule has 1 aromatic heterocycles. The van der Waals surface area contributed by atoms with E-state index < -0.39 is 5.97 Å². The molecule has 3 aromatic rings. The number of esters is 1. The zero-order valence-corrected chi connectivity index (χ0v) is 12.5. The third-order valence-electron chi connectivity index (χ3n) is 3.04.